The molecule has 1 aliphatic rings. The molecule has 3 aromatic rings. The van der Waals surface area contributed by atoms with E-state index in [1.165, 1.54) is 0 Å². The van der Waals surface area contributed by atoms with Crippen molar-refractivity contribution in [3.8, 4) is 11.5 Å². The van der Waals surface area contributed by atoms with E-state index in [4.69, 9.17) is 14.2 Å². The Balaban J connectivity index is 1.17. The first-order chi connectivity index (χ1) is 16.7. The first-order valence-corrected chi connectivity index (χ1v) is 12.2. The van der Waals surface area contributed by atoms with Gasteiger partial charge in [0.1, 0.15) is 22.8 Å². The van der Waals surface area contributed by atoms with E-state index in [1.54, 1.807) is 6.20 Å². The van der Waals surface area contributed by atoms with Crippen molar-refractivity contribution in [1.29, 1.82) is 0 Å². The highest BCUT2D eigenvalue weighted by Crippen LogP contribution is 2.36. The molecule has 8 nitrogen and oxygen atoms in total. The van der Waals surface area contributed by atoms with Gasteiger partial charge in [-0.2, -0.15) is 0 Å². The van der Waals surface area contributed by atoms with Crippen molar-refractivity contribution in [1.82, 2.24) is 20.6 Å². The van der Waals surface area contributed by atoms with Crippen molar-refractivity contribution in [3.05, 3.63) is 53.9 Å². The maximum atomic E-state index is 12.3. The Bertz CT molecular complexity index is 1030. The number of rotatable bonds is 13. The molecule has 0 radical (unpaired) electrons. The summed E-state index contributed by atoms with van der Waals surface area (Å²) in [6, 6.07) is 11.5. The van der Waals surface area contributed by atoms with Crippen LogP contribution in [0.3, 0.4) is 0 Å². The van der Waals surface area contributed by atoms with Gasteiger partial charge < -0.3 is 29.8 Å². The summed E-state index contributed by atoms with van der Waals surface area (Å²) in [6.45, 7) is 6.53. The molecule has 1 atom stereocenters. The number of unbranched alkanes of at least 4 members (excludes halogenated alkanes) is 1. The molecule has 3 N–H and O–H groups in total. The number of fused-ring (bicyclic) bond motifs is 2. The van der Waals surface area contributed by atoms with Gasteiger partial charge in [0.2, 0.25) is 0 Å². The second-order valence-corrected chi connectivity index (χ2v) is 8.38. The van der Waals surface area contributed by atoms with E-state index in [0.717, 1.165) is 66.9 Å². The minimum atomic E-state index is -0.121. The third-order valence-electron chi connectivity index (χ3n) is 5.75. The number of ether oxygens (including phenoxy) is 3. The van der Waals surface area contributed by atoms with Crippen LogP contribution in [-0.2, 0) is 4.74 Å². The number of carbonyl (C=O) groups excluding carboxylic acids is 1. The number of carbonyl (C=O) groups is 1. The Kier molecular flexibility index (Phi) is 8.76. The zero-order valence-corrected chi connectivity index (χ0v) is 19.8. The number of benzene rings is 1. The van der Waals surface area contributed by atoms with E-state index in [2.05, 4.69) is 27.5 Å². The van der Waals surface area contributed by atoms with Gasteiger partial charge in [-0.05, 0) is 62.2 Å². The van der Waals surface area contributed by atoms with Crippen LogP contribution >= 0.6 is 0 Å². The Hall–Kier alpha value is -3.10. The van der Waals surface area contributed by atoms with E-state index in [0.29, 0.717) is 32.1 Å². The molecule has 0 fully saturated rings. The minimum Gasteiger partial charge on any atom is -0.494 e. The van der Waals surface area contributed by atoms with Crippen LogP contribution in [0, 0.1) is 0 Å². The fraction of sp³-hybridized carbons (Fsp3) is 0.462. The Morgan fingerprint density at radius 3 is 3.00 bits per heavy atom. The quantitative estimate of drug-likeness (QED) is 0.330. The van der Waals surface area contributed by atoms with Crippen LogP contribution in [0.1, 0.15) is 54.8 Å². The molecule has 2 aromatic heterocycles. The van der Waals surface area contributed by atoms with Gasteiger partial charge in [0.15, 0.2) is 0 Å². The van der Waals surface area contributed by atoms with Crippen LogP contribution in [0.15, 0.2) is 42.6 Å². The summed E-state index contributed by atoms with van der Waals surface area (Å²) in [5.74, 6) is 1.57. The number of hydrogen-bond acceptors (Lipinski definition) is 6. The van der Waals surface area contributed by atoms with Crippen molar-refractivity contribution in [2.24, 2.45) is 0 Å². The van der Waals surface area contributed by atoms with E-state index in [9.17, 15) is 4.79 Å². The van der Waals surface area contributed by atoms with Gasteiger partial charge in [0.25, 0.3) is 5.91 Å². The molecule has 1 aromatic carbocycles. The van der Waals surface area contributed by atoms with Gasteiger partial charge in [-0.15, -0.1) is 0 Å². The average molecular weight is 467 g/mol. The predicted molar refractivity (Wildman–Crippen MR) is 132 cm³/mol. The molecule has 1 amide bonds. The summed E-state index contributed by atoms with van der Waals surface area (Å²) < 4.78 is 17.9. The molecule has 0 spiro atoms. The van der Waals surface area contributed by atoms with Crippen LogP contribution in [-0.4, -0.2) is 55.3 Å². The lowest BCUT2D eigenvalue weighted by Crippen LogP contribution is -2.25. The van der Waals surface area contributed by atoms with Crippen LogP contribution in [0.25, 0.3) is 11.0 Å². The molecule has 0 aliphatic carbocycles. The largest absolute Gasteiger partial charge is 0.494 e. The monoisotopic (exact) mass is 466 g/mol. The lowest BCUT2D eigenvalue weighted by Gasteiger charge is -2.26. The third kappa shape index (κ3) is 6.48. The summed E-state index contributed by atoms with van der Waals surface area (Å²) in [6.07, 6.45) is 5.37. The van der Waals surface area contributed by atoms with Crippen molar-refractivity contribution in [3.63, 3.8) is 0 Å². The van der Waals surface area contributed by atoms with Crippen molar-refractivity contribution in [2.75, 3.05) is 39.5 Å². The standard InChI is InChI=1S/C26H34N4O4/c1-2-10-27-13-16-34-24-9-15-33-23-8-7-20(18-21(23)24)32-14-4-3-11-29-26(31)22-17-19-6-5-12-28-25(19)30-22/h5-8,12,17-18,24,27H,2-4,9-11,13-16H2,1H3,(H,28,30)(H,29,31)/t24-/m0/s1. The molecule has 8 heteroatoms. The normalized spacial score (nSPS) is 15.0. The van der Waals surface area contributed by atoms with E-state index in [1.807, 2.05) is 36.4 Å². The Labute approximate surface area is 200 Å². The summed E-state index contributed by atoms with van der Waals surface area (Å²) in [7, 11) is 0. The molecule has 0 saturated heterocycles. The predicted octanol–water partition coefficient (Wildman–Crippen LogP) is 3.99. The van der Waals surface area contributed by atoms with Gasteiger partial charge in [0, 0.05) is 36.7 Å². The topological polar surface area (TPSA) is 97.5 Å². The molecule has 34 heavy (non-hydrogen) atoms. The number of nitrogens with zero attached hydrogens (tertiary/aromatic N) is 1. The van der Waals surface area contributed by atoms with E-state index in [-0.39, 0.29) is 12.0 Å². The zero-order chi connectivity index (χ0) is 23.6. The molecule has 4 rings (SSSR count). The van der Waals surface area contributed by atoms with Gasteiger partial charge in [-0.1, -0.05) is 6.92 Å². The zero-order valence-electron chi connectivity index (χ0n) is 19.8. The molecule has 0 bridgehead atoms. The lowest BCUT2D eigenvalue weighted by molar-refractivity contribution is 0.0256. The fourth-order valence-electron chi connectivity index (χ4n) is 3.97. The van der Waals surface area contributed by atoms with Crippen molar-refractivity contribution in [2.45, 2.75) is 38.7 Å². The van der Waals surface area contributed by atoms with Crippen LogP contribution < -0.4 is 20.1 Å². The molecule has 0 unspecified atom stereocenters. The summed E-state index contributed by atoms with van der Waals surface area (Å²) in [5, 5.41) is 7.24. The van der Waals surface area contributed by atoms with Crippen LogP contribution in [0.2, 0.25) is 0 Å². The van der Waals surface area contributed by atoms with Crippen LogP contribution in [0.5, 0.6) is 11.5 Å². The SMILES string of the molecule is CCCNCCO[C@H]1CCOc2ccc(OCCCCNC(=O)c3cc4cccnc4[nH]3)cc21. The number of nitrogens with one attached hydrogen (secondary N) is 3. The summed E-state index contributed by atoms with van der Waals surface area (Å²) in [4.78, 5) is 19.6. The fourth-order valence-corrected chi connectivity index (χ4v) is 3.97. The first-order valence-electron chi connectivity index (χ1n) is 12.2. The maximum Gasteiger partial charge on any atom is 0.267 e. The Morgan fingerprint density at radius 1 is 1.18 bits per heavy atom. The number of hydrogen-bond donors (Lipinski definition) is 3. The summed E-state index contributed by atoms with van der Waals surface area (Å²) in [5.41, 5.74) is 2.30. The Morgan fingerprint density at radius 2 is 2.12 bits per heavy atom. The molecular formula is C26H34N4O4. The molecule has 3 heterocycles. The number of aromatic amines is 1. The molecular weight excluding hydrogens is 432 g/mol. The number of amides is 1. The number of H-pyrrole nitrogens is 1. The second-order valence-electron chi connectivity index (χ2n) is 8.38. The van der Waals surface area contributed by atoms with Gasteiger partial charge in [-0.25, -0.2) is 4.98 Å². The van der Waals surface area contributed by atoms with E-state index < -0.39 is 0 Å². The summed E-state index contributed by atoms with van der Waals surface area (Å²) >= 11 is 0. The van der Waals surface area contributed by atoms with E-state index >= 15 is 0 Å². The minimum absolute atomic E-state index is 0.0331. The highest BCUT2D eigenvalue weighted by Gasteiger charge is 2.22. The average Bonchev–Trinajstić information content (AvgIpc) is 3.30. The molecule has 182 valence electrons. The maximum absolute atomic E-state index is 12.3. The van der Waals surface area contributed by atoms with Gasteiger partial charge in [0.05, 0.1) is 25.9 Å². The second kappa shape index (κ2) is 12.4. The lowest BCUT2D eigenvalue weighted by atomic mass is 10.0. The number of aromatic nitrogens is 2. The van der Waals surface area contributed by atoms with Gasteiger partial charge >= 0.3 is 0 Å². The highest BCUT2D eigenvalue weighted by molar-refractivity contribution is 5.97. The van der Waals surface area contributed by atoms with Crippen LogP contribution in [0.4, 0.5) is 0 Å². The molecule has 0 saturated carbocycles. The molecule has 1 aliphatic heterocycles. The third-order valence-corrected chi connectivity index (χ3v) is 5.75. The highest BCUT2D eigenvalue weighted by atomic mass is 16.5. The number of pyridine rings is 1. The first kappa shape index (κ1) is 24.0. The smallest absolute Gasteiger partial charge is 0.267 e. The van der Waals surface area contributed by atoms with Crippen molar-refractivity contribution < 1.29 is 19.0 Å². The van der Waals surface area contributed by atoms with Gasteiger partial charge in [-0.3, -0.25) is 4.79 Å². The van der Waals surface area contributed by atoms with Crippen molar-refractivity contribution >= 4 is 16.9 Å².